The average Bonchev–Trinajstić information content (AvgIpc) is 3.03. The first-order valence-corrected chi connectivity index (χ1v) is 10.9. The van der Waals surface area contributed by atoms with E-state index in [2.05, 4.69) is 16.0 Å². The number of amides is 4. The molecule has 29 heavy (non-hydrogen) atoms. The first kappa shape index (κ1) is 21.0. The van der Waals surface area contributed by atoms with Gasteiger partial charge in [-0.3, -0.25) is 9.59 Å². The zero-order valence-electron chi connectivity index (χ0n) is 15.4. The fourth-order valence-corrected chi connectivity index (χ4v) is 4.09. The van der Waals surface area contributed by atoms with E-state index in [4.69, 9.17) is 0 Å². The van der Waals surface area contributed by atoms with Crippen molar-refractivity contribution in [2.75, 3.05) is 23.9 Å². The monoisotopic (exact) mass is 430 g/mol. The van der Waals surface area contributed by atoms with Crippen molar-refractivity contribution in [1.82, 2.24) is 15.5 Å². The third-order valence-electron chi connectivity index (χ3n) is 4.79. The molecule has 1 aromatic rings. The average molecular weight is 430 g/mol. The van der Waals surface area contributed by atoms with Crippen LogP contribution in [0.4, 0.5) is 19.3 Å². The van der Waals surface area contributed by atoms with Gasteiger partial charge in [0.2, 0.25) is 11.8 Å². The molecule has 0 spiro atoms. The molecule has 0 aromatic heterocycles. The lowest BCUT2D eigenvalue weighted by Gasteiger charge is -2.34. The van der Waals surface area contributed by atoms with E-state index in [0.717, 1.165) is 18.4 Å². The molecule has 0 radical (unpaired) electrons. The summed E-state index contributed by atoms with van der Waals surface area (Å²) in [5, 5.41) is 7.34. The minimum absolute atomic E-state index is 0.0327. The largest absolute Gasteiger partial charge is 0.342 e. The zero-order chi connectivity index (χ0) is 21.3. The van der Waals surface area contributed by atoms with Gasteiger partial charge in [0, 0.05) is 18.9 Å². The first-order chi connectivity index (χ1) is 13.5. The summed E-state index contributed by atoms with van der Waals surface area (Å²) in [5.41, 5.74) is -0.214. The number of carbonyl (C=O) groups excluding carboxylic acids is 3. The highest BCUT2D eigenvalue weighted by Gasteiger charge is 2.46. The van der Waals surface area contributed by atoms with E-state index >= 15 is 0 Å². The van der Waals surface area contributed by atoms with E-state index in [1.54, 1.807) is 0 Å². The zero-order valence-corrected chi connectivity index (χ0v) is 16.3. The smallest absolute Gasteiger partial charge is 0.319 e. The molecule has 4 amide bonds. The molecule has 2 heterocycles. The van der Waals surface area contributed by atoms with Crippen molar-refractivity contribution in [2.45, 2.75) is 31.0 Å². The molecular weight excluding hydrogens is 410 g/mol. The number of sulfone groups is 1. The van der Waals surface area contributed by atoms with Crippen molar-refractivity contribution in [3.8, 4) is 0 Å². The van der Waals surface area contributed by atoms with Gasteiger partial charge in [-0.25, -0.2) is 22.0 Å². The van der Waals surface area contributed by atoms with Crippen molar-refractivity contribution in [2.24, 2.45) is 0 Å². The van der Waals surface area contributed by atoms with E-state index in [0.29, 0.717) is 6.07 Å². The van der Waals surface area contributed by atoms with Crippen LogP contribution in [0.3, 0.4) is 0 Å². The third kappa shape index (κ3) is 5.00. The van der Waals surface area contributed by atoms with Gasteiger partial charge in [0.05, 0.1) is 17.5 Å². The van der Waals surface area contributed by atoms with Crippen molar-refractivity contribution < 1.29 is 31.6 Å². The second-order valence-electron chi connectivity index (χ2n) is 7.14. The number of nitrogens with zero attached hydrogens (tertiary/aromatic N) is 1. The molecule has 158 valence electrons. The maximum absolute atomic E-state index is 13.6. The number of halogens is 2. The first-order valence-electron chi connectivity index (χ1n) is 8.84. The van der Waals surface area contributed by atoms with Crippen LogP contribution >= 0.6 is 0 Å². The minimum atomic E-state index is -3.29. The summed E-state index contributed by atoms with van der Waals surface area (Å²) in [6.07, 6.45) is 1.17. The van der Waals surface area contributed by atoms with Gasteiger partial charge in [-0.1, -0.05) is 0 Å². The Morgan fingerprint density at radius 1 is 1.31 bits per heavy atom. The lowest BCUT2D eigenvalue weighted by Crippen LogP contribution is -2.61. The summed E-state index contributed by atoms with van der Waals surface area (Å²) in [6.45, 7) is 0.0611. The normalized spacial score (nSPS) is 24.1. The van der Waals surface area contributed by atoms with Gasteiger partial charge < -0.3 is 20.9 Å². The van der Waals surface area contributed by atoms with Gasteiger partial charge in [0.15, 0.2) is 0 Å². The molecule has 0 saturated carbocycles. The molecule has 0 aliphatic carbocycles. The van der Waals surface area contributed by atoms with Crippen molar-refractivity contribution >= 4 is 33.4 Å². The van der Waals surface area contributed by atoms with Gasteiger partial charge in [-0.05, 0) is 25.0 Å². The number of hydrogen-bond donors (Lipinski definition) is 3. The van der Waals surface area contributed by atoms with Crippen LogP contribution in [-0.4, -0.2) is 67.8 Å². The molecule has 2 aliphatic rings. The lowest BCUT2D eigenvalue weighted by molar-refractivity contribution is -0.147. The topological polar surface area (TPSA) is 125 Å². The summed E-state index contributed by atoms with van der Waals surface area (Å²) in [5.74, 6) is -2.79. The van der Waals surface area contributed by atoms with Crippen LogP contribution in [0.1, 0.15) is 12.8 Å². The summed E-state index contributed by atoms with van der Waals surface area (Å²) >= 11 is 0. The highest BCUT2D eigenvalue weighted by molar-refractivity contribution is 7.90. The van der Waals surface area contributed by atoms with E-state index in [1.165, 1.54) is 4.90 Å². The molecule has 9 nitrogen and oxygen atoms in total. The van der Waals surface area contributed by atoms with Crippen molar-refractivity contribution in [1.29, 1.82) is 0 Å². The number of piperazine rings is 1. The van der Waals surface area contributed by atoms with E-state index in [1.807, 2.05) is 0 Å². The Morgan fingerprint density at radius 2 is 2.03 bits per heavy atom. The van der Waals surface area contributed by atoms with Crippen LogP contribution in [0.2, 0.25) is 0 Å². The second-order valence-corrected chi connectivity index (χ2v) is 9.40. The maximum Gasteiger partial charge on any atom is 0.319 e. The van der Waals surface area contributed by atoms with Crippen LogP contribution < -0.4 is 16.0 Å². The Labute approximate surface area is 165 Å². The number of rotatable bonds is 5. The molecule has 3 N–H and O–H groups in total. The number of nitrogens with one attached hydrogen (secondary N) is 3. The van der Waals surface area contributed by atoms with E-state index in [9.17, 15) is 31.6 Å². The second kappa shape index (κ2) is 7.93. The standard InChI is InChI=1S/C17H20F2N4O5S/c1-29(27,28)5-4-13-16(25)23-8-10(7-14(23)15(24)21-13)20-17(26)22-12-3-2-9(18)6-11(12)19/h2-3,6,10,13-14H,4-5,7-8H2,1H3,(H,21,24)(H2,20,22,26)/t10-,13+,14-/m0/s1. The van der Waals surface area contributed by atoms with E-state index in [-0.39, 0.29) is 30.8 Å². The summed E-state index contributed by atoms with van der Waals surface area (Å²) in [4.78, 5) is 38.3. The predicted octanol–water partition coefficient (Wildman–Crippen LogP) is -0.0111. The highest BCUT2D eigenvalue weighted by Crippen LogP contribution is 2.24. The molecule has 1 aromatic carbocycles. The van der Waals surface area contributed by atoms with Gasteiger partial charge >= 0.3 is 6.03 Å². The van der Waals surface area contributed by atoms with Crippen LogP contribution in [0, 0.1) is 11.6 Å². The molecule has 2 aliphatic heterocycles. The number of fused-ring (bicyclic) bond motifs is 1. The fourth-order valence-electron chi connectivity index (χ4n) is 3.42. The number of carbonyl (C=O) groups is 3. The molecule has 2 fully saturated rings. The molecule has 3 rings (SSSR count). The highest BCUT2D eigenvalue weighted by atomic mass is 32.2. The molecule has 12 heteroatoms. The van der Waals surface area contributed by atoms with Gasteiger partial charge in [0.1, 0.15) is 33.6 Å². The molecule has 2 saturated heterocycles. The maximum atomic E-state index is 13.6. The van der Waals surface area contributed by atoms with Gasteiger partial charge in [0.25, 0.3) is 0 Å². The number of benzene rings is 1. The number of hydrogen-bond acceptors (Lipinski definition) is 5. The molecule has 0 bridgehead atoms. The number of anilines is 1. The van der Waals surface area contributed by atoms with E-state index < -0.39 is 57.4 Å². The SMILES string of the molecule is CS(=O)(=O)CC[C@H]1NC(=O)[C@@H]2C[C@H](NC(=O)Nc3ccc(F)cc3F)CN2C1=O. The quantitative estimate of drug-likeness (QED) is 0.606. The Kier molecular flexibility index (Phi) is 5.73. The Balaban J connectivity index is 1.60. The molecule has 0 unspecified atom stereocenters. The molecule has 3 atom stereocenters. The fraction of sp³-hybridized carbons (Fsp3) is 0.471. The summed E-state index contributed by atoms with van der Waals surface area (Å²) in [7, 11) is -3.29. The van der Waals surface area contributed by atoms with Crippen molar-refractivity contribution in [3.05, 3.63) is 29.8 Å². The minimum Gasteiger partial charge on any atom is -0.342 e. The third-order valence-corrected chi connectivity index (χ3v) is 5.77. The Hall–Kier alpha value is -2.76. The van der Waals surface area contributed by atoms with Crippen LogP contribution in [-0.2, 0) is 19.4 Å². The summed E-state index contributed by atoms with van der Waals surface area (Å²) in [6, 6.07) is -0.335. The van der Waals surface area contributed by atoms with Crippen LogP contribution in [0.5, 0.6) is 0 Å². The van der Waals surface area contributed by atoms with Crippen LogP contribution in [0.25, 0.3) is 0 Å². The van der Waals surface area contributed by atoms with Gasteiger partial charge in [-0.15, -0.1) is 0 Å². The number of urea groups is 1. The Bertz CT molecular complexity index is 955. The summed E-state index contributed by atoms with van der Waals surface area (Å²) < 4.78 is 49.2. The Morgan fingerprint density at radius 3 is 2.69 bits per heavy atom. The van der Waals surface area contributed by atoms with Gasteiger partial charge in [-0.2, -0.15) is 0 Å². The van der Waals surface area contributed by atoms with Crippen LogP contribution in [0.15, 0.2) is 18.2 Å². The molecular formula is C17H20F2N4O5S. The van der Waals surface area contributed by atoms with Crippen molar-refractivity contribution in [3.63, 3.8) is 0 Å². The lowest BCUT2D eigenvalue weighted by atomic mass is 10.1. The predicted molar refractivity (Wildman–Crippen MR) is 98.7 cm³/mol.